The van der Waals surface area contributed by atoms with Crippen LogP contribution < -0.4 is 0 Å². The summed E-state index contributed by atoms with van der Waals surface area (Å²) in [5.41, 5.74) is 2.41. The molecule has 0 bridgehead atoms. The zero-order valence-electron chi connectivity index (χ0n) is 9.49. The molecule has 17 heavy (non-hydrogen) atoms. The molecular weight excluding hydrogens is 230 g/mol. The van der Waals surface area contributed by atoms with Crippen molar-refractivity contribution in [3.8, 4) is 0 Å². The maximum absolute atomic E-state index is 9.42. The van der Waals surface area contributed by atoms with Crippen molar-refractivity contribution in [3.63, 3.8) is 0 Å². The summed E-state index contributed by atoms with van der Waals surface area (Å²) in [4.78, 5) is 3.99. The largest absolute Gasteiger partial charge is 0.395 e. The molecule has 0 amide bonds. The number of nitrogens with zero attached hydrogens (tertiary/aromatic N) is 1. The third kappa shape index (κ3) is 3.58. The van der Waals surface area contributed by atoms with Gasteiger partial charge in [-0.25, -0.2) is 0 Å². The quantitative estimate of drug-likeness (QED) is 0.879. The summed E-state index contributed by atoms with van der Waals surface area (Å²) in [5.74, 6) is 0.892. The van der Waals surface area contributed by atoms with Gasteiger partial charge in [-0.1, -0.05) is 30.3 Å². The van der Waals surface area contributed by atoms with Crippen LogP contribution in [-0.2, 0) is 5.75 Å². The minimum atomic E-state index is 0.143. The van der Waals surface area contributed by atoms with Gasteiger partial charge in [-0.15, -0.1) is 11.8 Å². The molecule has 0 aliphatic heterocycles. The van der Waals surface area contributed by atoms with Gasteiger partial charge in [0.05, 0.1) is 11.9 Å². The molecular formula is C14H15NOS. The Bertz CT molecular complexity index is 432. The monoisotopic (exact) mass is 245 g/mol. The molecule has 0 saturated carbocycles. The van der Waals surface area contributed by atoms with Crippen molar-refractivity contribution in [2.75, 3.05) is 6.61 Å². The number of aromatic nitrogens is 1. The summed E-state index contributed by atoms with van der Waals surface area (Å²) < 4.78 is 0. The first-order valence-corrected chi connectivity index (χ1v) is 6.61. The van der Waals surface area contributed by atoms with Crippen molar-refractivity contribution in [1.29, 1.82) is 0 Å². The van der Waals surface area contributed by atoms with E-state index in [1.807, 2.05) is 30.3 Å². The van der Waals surface area contributed by atoms with Crippen LogP contribution in [-0.4, -0.2) is 16.7 Å². The smallest absolute Gasteiger partial charge is 0.0591 e. The fourth-order valence-corrected chi connectivity index (χ4v) is 2.64. The average molecular weight is 245 g/mol. The summed E-state index contributed by atoms with van der Waals surface area (Å²) in [5, 5.41) is 9.57. The van der Waals surface area contributed by atoms with E-state index in [2.05, 4.69) is 17.1 Å². The van der Waals surface area contributed by atoms with Gasteiger partial charge in [-0.3, -0.25) is 4.98 Å². The van der Waals surface area contributed by atoms with Crippen LogP contribution in [0.25, 0.3) is 0 Å². The van der Waals surface area contributed by atoms with Gasteiger partial charge >= 0.3 is 0 Å². The molecule has 0 spiro atoms. The molecule has 1 aromatic carbocycles. The number of benzene rings is 1. The van der Waals surface area contributed by atoms with E-state index < -0.39 is 0 Å². The van der Waals surface area contributed by atoms with E-state index in [1.54, 1.807) is 24.2 Å². The van der Waals surface area contributed by atoms with E-state index in [0.717, 1.165) is 5.75 Å². The fraction of sp³-hybridized carbons (Fsp3) is 0.214. The molecule has 1 unspecified atom stereocenters. The SMILES string of the molecule is OCC(SCc1ccncc1)c1ccccc1. The predicted molar refractivity (Wildman–Crippen MR) is 71.8 cm³/mol. The number of aliphatic hydroxyl groups is 1. The molecule has 2 rings (SSSR count). The van der Waals surface area contributed by atoms with Gasteiger partial charge in [0.15, 0.2) is 0 Å². The summed E-state index contributed by atoms with van der Waals surface area (Å²) >= 11 is 1.75. The van der Waals surface area contributed by atoms with Crippen LogP contribution >= 0.6 is 11.8 Å². The fourth-order valence-electron chi connectivity index (χ4n) is 1.60. The maximum Gasteiger partial charge on any atom is 0.0591 e. The highest BCUT2D eigenvalue weighted by Gasteiger charge is 2.10. The Balaban J connectivity index is 1.97. The highest BCUT2D eigenvalue weighted by molar-refractivity contribution is 7.98. The van der Waals surface area contributed by atoms with Gasteiger partial charge < -0.3 is 5.11 Å². The highest BCUT2D eigenvalue weighted by Crippen LogP contribution is 2.30. The van der Waals surface area contributed by atoms with Gasteiger partial charge in [0.2, 0.25) is 0 Å². The molecule has 2 aromatic rings. The van der Waals surface area contributed by atoms with Crippen LogP contribution in [0, 0.1) is 0 Å². The number of pyridine rings is 1. The molecule has 0 saturated heterocycles. The molecule has 1 heterocycles. The molecule has 0 fully saturated rings. The number of rotatable bonds is 5. The van der Waals surface area contributed by atoms with E-state index in [-0.39, 0.29) is 11.9 Å². The highest BCUT2D eigenvalue weighted by atomic mass is 32.2. The Morgan fingerprint density at radius 1 is 1.06 bits per heavy atom. The average Bonchev–Trinajstić information content (AvgIpc) is 2.42. The molecule has 88 valence electrons. The normalized spacial score (nSPS) is 12.3. The van der Waals surface area contributed by atoms with Crippen LogP contribution in [0.3, 0.4) is 0 Å². The van der Waals surface area contributed by atoms with Crippen LogP contribution in [0.5, 0.6) is 0 Å². The van der Waals surface area contributed by atoms with Crippen LogP contribution in [0.4, 0.5) is 0 Å². The molecule has 3 heteroatoms. The number of hydrogen-bond acceptors (Lipinski definition) is 3. The molecule has 1 aromatic heterocycles. The standard InChI is InChI=1S/C14H15NOS/c16-10-14(13-4-2-1-3-5-13)17-11-12-6-8-15-9-7-12/h1-9,14,16H,10-11H2. The maximum atomic E-state index is 9.42. The van der Waals surface area contributed by atoms with Gasteiger partial charge in [-0.2, -0.15) is 0 Å². The molecule has 0 aliphatic carbocycles. The molecule has 0 radical (unpaired) electrons. The van der Waals surface area contributed by atoms with Crippen LogP contribution in [0.1, 0.15) is 16.4 Å². The summed E-state index contributed by atoms with van der Waals surface area (Å²) in [7, 11) is 0. The van der Waals surface area contributed by atoms with Gasteiger partial charge in [0, 0.05) is 18.1 Å². The lowest BCUT2D eigenvalue weighted by atomic mass is 10.2. The van der Waals surface area contributed by atoms with Crippen molar-refractivity contribution in [1.82, 2.24) is 4.98 Å². The van der Waals surface area contributed by atoms with Crippen molar-refractivity contribution >= 4 is 11.8 Å². The molecule has 2 nitrogen and oxygen atoms in total. The lowest BCUT2D eigenvalue weighted by Gasteiger charge is -2.14. The van der Waals surface area contributed by atoms with Crippen molar-refractivity contribution in [2.24, 2.45) is 0 Å². The third-order valence-corrected chi connectivity index (χ3v) is 3.86. The summed E-state index contributed by atoms with van der Waals surface area (Å²) in [6.07, 6.45) is 3.60. The van der Waals surface area contributed by atoms with Gasteiger partial charge in [-0.05, 0) is 23.3 Å². The lowest BCUT2D eigenvalue weighted by molar-refractivity contribution is 0.296. The van der Waals surface area contributed by atoms with Crippen LogP contribution in [0.2, 0.25) is 0 Å². The Morgan fingerprint density at radius 2 is 1.76 bits per heavy atom. The van der Waals surface area contributed by atoms with Crippen molar-refractivity contribution in [2.45, 2.75) is 11.0 Å². The number of thioether (sulfide) groups is 1. The second kappa shape index (κ2) is 6.42. The van der Waals surface area contributed by atoms with Gasteiger partial charge in [0.25, 0.3) is 0 Å². The first kappa shape index (κ1) is 12.1. The topological polar surface area (TPSA) is 33.1 Å². The van der Waals surface area contributed by atoms with E-state index in [9.17, 15) is 5.11 Å². The van der Waals surface area contributed by atoms with E-state index in [4.69, 9.17) is 0 Å². The Kier molecular flexibility index (Phi) is 4.59. The Morgan fingerprint density at radius 3 is 2.41 bits per heavy atom. The third-order valence-electron chi connectivity index (χ3n) is 2.54. The van der Waals surface area contributed by atoms with E-state index in [1.165, 1.54) is 11.1 Å². The summed E-state index contributed by atoms with van der Waals surface area (Å²) in [6, 6.07) is 14.1. The zero-order valence-corrected chi connectivity index (χ0v) is 10.3. The second-order valence-corrected chi connectivity index (χ2v) is 4.94. The molecule has 1 N–H and O–H groups in total. The van der Waals surface area contributed by atoms with E-state index in [0.29, 0.717) is 0 Å². The Hall–Kier alpha value is -1.32. The molecule has 1 atom stereocenters. The van der Waals surface area contributed by atoms with Gasteiger partial charge in [0.1, 0.15) is 0 Å². The Labute approximate surface area is 106 Å². The molecule has 0 aliphatic rings. The van der Waals surface area contributed by atoms with Crippen molar-refractivity contribution < 1.29 is 5.11 Å². The minimum Gasteiger partial charge on any atom is -0.395 e. The number of hydrogen-bond donors (Lipinski definition) is 1. The van der Waals surface area contributed by atoms with Crippen molar-refractivity contribution in [3.05, 3.63) is 66.0 Å². The zero-order chi connectivity index (χ0) is 11.9. The van der Waals surface area contributed by atoms with Crippen LogP contribution in [0.15, 0.2) is 54.9 Å². The predicted octanol–water partition coefficient (Wildman–Crippen LogP) is 3.05. The number of aliphatic hydroxyl groups excluding tert-OH is 1. The second-order valence-electron chi connectivity index (χ2n) is 3.75. The van der Waals surface area contributed by atoms with E-state index >= 15 is 0 Å². The first-order chi connectivity index (χ1) is 8.40. The lowest BCUT2D eigenvalue weighted by Crippen LogP contribution is -2.00. The summed E-state index contributed by atoms with van der Waals surface area (Å²) in [6.45, 7) is 0.166. The first-order valence-electron chi connectivity index (χ1n) is 5.56. The minimum absolute atomic E-state index is 0.143.